The molecule has 130 valence electrons. The quantitative estimate of drug-likeness (QED) is 0.628. The van der Waals surface area contributed by atoms with Crippen molar-refractivity contribution >= 4 is 49.1 Å². The van der Waals surface area contributed by atoms with Crippen LogP contribution in [0.5, 0.6) is 0 Å². The molecule has 0 fully saturated rings. The number of nitrogens with one attached hydrogen (secondary N) is 2. The first-order valence-corrected chi connectivity index (χ1v) is 9.72. The summed E-state index contributed by atoms with van der Waals surface area (Å²) in [5.41, 5.74) is 2.99. The Labute approximate surface area is 159 Å². The maximum Gasteiger partial charge on any atom is 0.263 e. The minimum Gasteiger partial charge on any atom is -0.386 e. The molecule has 0 radical (unpaired) electrons. The number of amides is 1. The van der Waals surface area contributed by atoms with Gasteiger partial charge in [-0.25, -0.2) is 4.98 Å². The third kappa shape index (κ3) is 4.02. The lowest BCUT2D eigenvalue weighted by atomic mass is 10.1. The fraction of sp³-hybridized carbons (Fsp3) is 0.263. The van der Waals surface area contributed by atoms with Gasteiger partial charge in [-0.1, -0.05) is 28.1 Å². The first-order chi connectivity index (χ1) is 12.0. The third-order valence-electron chi connectivity index (χ3n) is 3.98. The number of thiophene rings is 1. The molecule has 4 nitrogen and oxygen atoms in total. The first kappa shape index (κ1) is 17.9. The zero-order chi connectivity index (χ0) is 18.0. The molecule has 6 heteroatoms. The van der Waals surface area contributed by atoms with Crippen molar-refractivity contribution in [1.29, 1.82) is 0 Å². The Kier molecular flexibility index (Phi) is 5.39. The standard InChI is InChI=1S/C19H20BrN3OS/c1-11-4-9-15-16(21-3)17(25-19(15)23-11)18(24)22-12(2)10-13-5-7-14(20)8-6-13/h4-9,12,21H,10H2,1-3H3,(H,22,24)/t12-/m0/s1. The molecule has 2 N–H and O–H groups in total. The molecule has 1 atom stereocenters. The second-order valence-electron chi connectivity index (χ2n) is 6.07. The van der Waals surface area contributed by atoms with Gasteiger partial charge in [0, 0.05) is 28.6 Å². The van der Waals surface area contributed by atoms with Gasteiger partial charge in [0.05, 0.1) is 5.69 Å². The minimum atomic E-state index is -0.0605. The summed E-state index contributed by atoms with van der Waals surface area (Å²) in [4.78, 5) is 18.9. The summed E-state index contributed by atoms with van der Waals surface area (Å²) in [5.74, 6) is -0.0605. The van der Waals surface area contributed by atoms with Crippen molar-refractivity contribution in [3.05, 3.63) is 57.0 Å². The number of carbonyl (C=O) groups is 1. The summed E-state index contributed by atoms with van der Waals surface area (Å²) in [6, 6.07) is 12.2. The highest BCUT2D eigenvalue weighted by Gasteiger charge is 2.20. The molecular formula is C19H20BrN3OS. The SMILES string of the molecule is CNc1c(C(=O)N[C@@H](C)Cc2ccc(Br)cc2)sc2nc(C)ccc12. The van der Waals surface area contributed by atoms with E-state index in [0.717, 1.165) is 32.5 Å². The zero-order valence-electron chi connectivity index (χ0n) is 14.4. The van der Waals surface area contributed by atoms with Crippen LogP contribution in [-0.2, 0) is 6.42 Å². The Bertz CT molecular complexity index is 905. The summed E-state index contributed by atoms with van der Waals surface area (Å²) in [5, 5.41) is 7.24. The topological polar surface area (TPSA) is 54.0 Å². The van der Waals surface area contributed by atoms with Gasteiger partial charge < -0.3 is 10.6 Å². The molecule has 3 rings (SSSR count). The van der Waals surface area contributed by atoms with Gasteiger partial charge in [0.25, 0.3) is 5.91 Å². The predicted octanol–water partition coefficient (Wildman–Crippen LogP) is 4.77. The number of anilines is 1. The van der Waals surface area contributed by atoms with Crippen molar-refractivity contribution in [2.24, 2.45) is 0 Å². The average Bonchev–Trinajstić information content (AvgIpc) is 2.94. The second-order valence-corrected chi connectivity index (χ2v) is 7.98. The highest BCUT2D eigenvalue weighted by Crippen LogP contribution is 2.34. The van der Waals surface area contributed by atoms with Gasteiger partial charge in [-0.15, -0.1) is 11.3 Å². The molecule has 1 amide bonds. The number of fused-ring (bicyclic) bond motifs is 1. The Morgan fingerprint density at radius 2 is 1.96 bits per heavy atom. The van der Waals surface area contributed by atoms with Gasteiger partial charge in [0.2, 0.25) is 0 Å². The number of halogens is 1. The number of benzene rings is 1. The van der Waals surface area contributed by atoms with E-state index in [1.54, 1.807) is 0 Å². The van der Waals surface area contributed by atoms with Crippen molar-refractivity contribution in [1.82, 2.24) is 10.3 Å². The number of rotatable bonds is 5. The van der Waals surface area contributed by atoms with E-state index in [1.165, 1.54) is 16.9 Å². The van der Waals surface area contributed by atoms with Crippen LogP contribution in [0.15, 0.2) is 40.9 Å². The van der Waals surface area contributed by atoms with Crippen molar-refractivity contribution in [2.75, 3.05) is 12.4 Å². The maximum atomic E-state index is 12.8. The Hall–Kier alpha value is -1.92. The van der Waals surface area contributed by atoms with E-state index in [1.807, 2.05) is 45.2 Å². The first-order valence-electron chi connectivity index (χ1n) is 8.11. The van der Waals surface area contributed by atoms with E-state index in [9.17, 15) is 4.79 Å². The van der Waals surface area contributed by atoms with Crippen molar-refractivity contribution in [3.63, 3.8) is 0 Å². The number of pyridine rings is 1. The maximum absolute atomic E-state index is 12.8. The smallest absolute Gasteiger partial charge is 0.263 e. The lowest BCUT2D eigenvalue weighted by molar-refractivity contribution is 0.0945. The molecule has 0 bridgehead atoms. The predicted molar refractivity (Wildman–Crippen MR) is 109 cm³/mol. The lowest BCUT2D eigenvalue weighted by Crippen LogP contribution is -2.33. The number of hydrogen-bond donors (Lipinski definition) is 2. The van der Waals surface area contributed by atoms with Crippen LogP contribution >= 0.6 is 27.3 Å². The van der Waals surface area contributed by atoms with Crippen LogP contribution in [0.4, 0.5) is 5.69 Å². The van der Waals surface area contributed by atoms with Crippen LogP contribution in [0.3, 0.4) is 0 Å². The van der Waals surface area contributed by atoms with Crippen molar-refractivity contribution in [2.45, 2.75) is 26.3 Å². The summed E-state index contributed by atoms with van der Waals surface area (Å²) >= 11 is 4.87. The highest BCUT2D eigenvalue weighted by molar-refractivity contribution is 9.10. The highest BCUT2D eigenvalue weighted by atomic mass is 79.9. The van der Waals surface area contributed by atoms with Crippen LogP contribution in [0, 0.1) is 6.92 Å². The molecule has 0 spiro atoms. The third-order valence-corrected chi connectivity index (χ3v) is 5.61. The Morgan fingerprint density at radius 3 is 2.64 bits per heavy atom. The molecule has 1 aromatic carbocycles. The Balaban J connectivity index is 1.78. The van der Waals surface area contributed by atoms with Gasteiger partial charge in [0.1, 0.15) is 9.71 Å². The van der Waals surface area contributed by atoms with E-state index in [0.29, 0.717) is 4.88 Å². The number of aromatic nitrogens is 1. The normalized spacial score (nSPS) is 12.2. The fourth-order valence-electron chi connectivity index (χ4n) is 2.79. The number of nitrogens with zero attached hydrogens (tertiary/aromatic N) is 1. The fourth-order valence-corrected chi connectivity index (χ4v) is 4.19. The van der Waals surface area contributed by atoms with Crippen LogP contribution < -0.4 is 10.6 Å². The number of hydrogen-bond acceptors (Lipinski definition) is 4. The summed E-state index contributed by atoms with van der Waals surface area (Å²) in [7, 11) is 1.84. The zero-order valence-corrected chi connectivity index (χ0v) is 16.8. The van der Waals surface area contributed by atoms with Gasteiger partial charge >= 0.3 is 0 Å². The molecule has 0 saturated heterocycles. The second kappa shape index (κ2) is 7.54. The molecular weight excluding hydrogens is 398 g/mol. The van der Waals surface area contributed by atoms with Crippen LogP contribution in [0.25, 0.3) is 10.2 Å². The average molecular weight is 418 g/mol. The van der Waals surface area contributed by atoms with E-state index < -0.39 is 0 Å². The van der Waals surface area contributed by atoms with Gasteiger partial charge in [0.15, 0.2) is 0 Å². The van der Waals surface area contributed by atoms with E-state index in [-0.39, 0.29) is 11.9 Å². The van der Waals surface area contributed by atoms with E-state index in [4.69, 9.17) is 0 Å². The molecule has 25 heavy (non-hydrogen) atoms. The van der Waals surface area contributed by atoms with Crippen LogP contribution in [0.1, 0.15) is 27.9 Å². The largest absolute Gasteiger partial charge is 0.386 e. The lowest BCUT2D eigenvalue weighted by Gasteiger charge is -2.14. The molecule has 0 aliphatic heterocycles. The monoisotopic (exact) mass is 417 g/mol. The van der Waals surface area contributed by atoms with E-state index in [2.05, 4.69) is 43.7 Å². The molecule has 3 aromatic rings. The van der Waals surface area contributed by atoms with Crippen LogP contribution in [-0.4, -0.2) is 24.0 Å². The molecule has 0 saturated carbocycles. The van der Waals surface area contributed by atoms with Gasteiger partial charge in [-0.3, -0.25) is 4.79 Å². The summed E-state index contributed by atoms with van der Waals surface area (Å²) in [6.07, 6.45) is 0.788. The van der Waals surface area contributed by atoms with Crippen LogP contribution in [0.2, 0.25) is 0 Å². The minimum absolute atomic E-state index is 0.0401. The number of aryl methyl sites for hydroxylation is 1. The molecule has 2 heterocycles. The van der Waals surface area contributed by atoms with E-state index >= 15 is 0 Å². The summed E-state index contributed by atoms with van der Waals surface area (Å²) in [6.45, 7) is 3.98. The molecule has 0 aliphatic rings. The molecule has 2 aromatic heterocycles. The van der Waals surface area contributed by atoms with Gasteiger partial charge in [-0.05, 0) is 50.1 Å². The Morgan fingerprint density at radius 1 is 1.24 bits per heavy atom. The molecule has 0 aliphatic carbocycles. The summed E-state index contributed by atoms with van der Waals surface area (Å²) < 4.78 is 1.06. The molecule has 0 unspecified atom stereocenters. The number of carbonyl (C=O) groups excluding carboxylic acids is 1. The van der Waals surface area contributed by atoms with Gasteiger partial charge in [-0.2, -0.15) is 0 Å². The van der Waals surface area contributed by atoms with Crippen molar-refractivity contribution < 1.29 is 4.79 Å². The van der Waals surface area contributed by atoms with Crippen molar-refractivity contribution in [3.8, 4) is 0 Å².